The third kappa shape index (κ3) is 0.969. The highest BCUT2D eigenvalue weighted by Gasteiger charge is 2.26. The van der Waals surface area contributed by atoms with Crippen molar-refractivity contribution in [2.24, 2.45) is 5.92 Å². The summed E-state index contributed by atoms with van der Waals surface area (Å²) in [5.74, 6) is 0.0550. The van der Waals surface area contributed by atoms with Crippen LogP contribution in [0.5, 0.6) is 0 Å². The summed E-state index contributed by atoms with van der Waals surface area (Å²) in [4.78, 5) is 10.6. The maximum Gasteiger partial charge on any atom is 0.333 e. The van der Waals surface area contributed by atoms with Gasteiger partial charge in [0.2, 0.25) is 0 Å². The first-order chi connectivity index (χ1) is 4.25. The van der Waals surface area contributed by atoms with Crippen molar-refractivity contribution in [3.8, 4) is 0 Å². The van der Waals surface area contributed by atoms with Gasteiger partial charge < -0.3 is 4.74 Å². The van der Waals surface area contributed by atoms with E-state index < -0.39 is 0 Å². The first-order valence-electron chi connectivity index (χ1n) is 3.11. The minimum atomic E-state index is -0.221. The van der Waals surface area contributed by atoms with Gasteiger partial charge in [0.1, 0.15) is 0 Å². The Hall–Kier alpha value is -0.790. The zero-order valence-corrected chi connectivity index (χ0v) is 5.52. The van der Waals surface area contributed by atoms with Crippen LogP contribution < -0.4 is 0 Å². The molecule has 0 bridgehead atoms. The monoisotopic (exact) mass is 126 g/mol. The highest BCUT2D eigenvalue weighted by atomic mass is 16.5. The maximum absolute atomic E-state index is 10.6. The van der Waals surface area contributed by atoms with Gasteiger partial charge in [-0.15, -0.1) is 0 Å². The molecule has 1 heterocycles. The van der Waals surface area contributed by atoms with E-state index in [0.717, 1.165) is 6.42 Å². The van der Waals surface area contributed by atoms with E-state index >= 15 is 0 Å². The summed E-state index contributed by atoms with van der Waals surface area (Å²) in [6.07, 6.45) is 0.949. The normalized spacial score (nSPS) is 26.6. The summed E-state index contributed by atoms with van der Waals surface area (Å²) in [5.41, 5.74) is 0.637. The molecule has 1 unspecified atom stereocenters. The van der Waals surface area contributed by atoms with Crippen LogP contribution in [0.2, 0.25) is 0 Å². The van der Waals surface area contributed by atoms with E-state index in [1.54, 1.807) is 0 Å². The van der Waals surface area contributed by atoms with E-state index in [0.29, 0.717) is 12.2 Å². The molecule has 0 spiro atoms. The van der Waals surface area contributed by atoms with E-state index in [9.17, 15) is 4.79 Å². The number of hydrogen-bond donors (Lipinski definition) is 0. The fraction of sp³-hybridized carbons (Fsp3) is 0.571. The van der Waals surface area contributed by atoms with Gasteiger partial charge >= 0.3 is 5.97 Å². The molecule has 1 rings (SSSR count). The fourth-order valence-corrected chi connectivity index (χ4v) is 0.900. The summed E-state index contributed by atoms with van der Waals surface area (Å²) in [7, 11) is 0. The fourth-order valence-electron chi connectivity index (χ4n) is 0.900. The average Bonchev–Trinajstić information content (AvgIpc) is 2.15. The zero-order valence-electron chi connectivity index (χ0n) is 5.52. The van der Waals surface area contributed by atoms with Crippen LogP contribution in [0, 0.1) is 5.92 Å². The Morgan fingerprint density at radius 2 is 2.56 bits per heavy atom. The van der Waals surface area contributed by atoms with E-state index in [1.165, 1.54) is 0 Å². The molecule has 0 aromatic carbocycles. The van der Waals surface area contributed by atoms with Gasteiger partial charge in [-0.25, -0.2) is 4.79 Å². The number of carbonyl (C=O) groups is 1. The van der Waals surface area contributed by atoms with Gasteiger partial charge in [-0.3, -0.25) is 0 Å². The molecule has 1 aliphatic rings. The predicted octanol–water partition coefficient (Wildman–Crippen LogP) is 1.13. The van der Waals surface area contributed by atoms with Gasteiger partial charge in [0.25, 0.3) is 0 Å². The lowest BCUT2D eigenvalue weighted by Gasteiger charge is -1.98. The second-order valence-corrected chi connectivity index (χ2v) is 2.23. The highest BCUT2D eigenvalue weighted by molar-refractivity contribution is 5.90. The Morgan fingerprint density at radius 3 is 2.78 bits per heavy atom. The van der Waals surface area contributed by atoms with E-state index in [-0.39, 0.29) is 11.9 Å². The topological polar surface area (TPSA) is 26.3 Å². The molecule has 1 saturated heterocycles. The average molecular weight is 126 g/mol. The largest absolute Gasteiger partial charge is 0.462 e. The summed E-state index contributed by atoms with van der Waals surface area (Å²) in [5, 5.41) is 0. The van der Waals surface area contributed by atoms with Crippen molar-refractivity contribution in [3.05, 3.63) is 12.2 Å². The Balaban J connectivity index is 2.62. The second kappa shape index (κ2) is 2.21. The molecule has 0 saturated carbocycles. The zero-order chi connectivity index (χ0) is 6.85. The lowest BCUT2D eigenvalue weighted by Crippen LogP contribution is -1.99. The van der Waals surface area contributed by atoms with Crippen molar-refractivity contribution < 1.29 is 9.53 Å². The Labute approximate surface area is 54.5 Å². The first-order valence-corrected chi connectivity index (χ1v) is 3.11. The van der Waals surface area contributed by atoms with Crippen LogP contribution in [-0.2, 0) is 9.53 Å². The number of carbonyl (C=O) groups excluding carboxylic acids is 1. The van der Waals surface area contributed by atoms with Crippen molar-refractivity contribution in [1.82, 2.24) is 0 Å². The Bertz CT molecular complexity index is 149. The first kappa shape index (κ1) is 6.33. The smallest absolute Gasteiger partial charge is 0.333 e. The lowest BCUT2D eigenvalue weighted by atomic mass is 10.0. The molecular formula is C7H10O2. The number of ether oxygens (including phenoxy) is 1. The highest BCUT2D eigenvalue weighted by Crippen LogP contribution is 2.21. The quantitative estimate of drug-likeness (QED) is 0.389. The summed E-state index contributed by atoms with van der Waals surface area (Å²) in [6.45, 7) is 6.17. The van der Waals surface area contributed by atoms with Gasteiger partial charge in [0.15, 0.2) is 0 Å². The van der Waals surface area contributed by atoms with Crippen LogP contribution in [0.4, 0.5) is 0 Å². The number of esters is 1. The minimum absolute atomic E-state index is 0.221. The third-order valence-electron chi connectivity index (χ3n) is 1.66. The second-order valence-electron chi connectivity index (χ2n) is 2.23. The van der Waals surface area contributed by atoms with Crippen molar-refractivity contribution >= 4 is 5.97 Å². The van der Waals surface area contributed by atoms with Crippen LogP contribution in [0.1, 0.15) is 13.3 Å². The molecule has 1 atom stereocenters. The summed E-state index contributed by atoms with van der Waals surface area (Å²) < 4.78 is 4.73. The minimum Gasteiger partial charge on any atom is -0.462 e. The molecule has 0 aliphatic carbocycles. The van der Waals surface area contributed by atoms with Crippen LogP contribution >= 0.6 is 0 Å². The van der Waals surface area contributed by atoms with E-state index in [1.807, 2.05) is 6.92 Å². The lowest BCUT2D eigenvalue weighted by molar-refractivity contribution is -0.135. The number of cyclic esters (lactones) is 1. The van der Waals surface area contributed by atoms with E-state index in [2.05, 4.69) is 6.58 Å². The van der Waals surface area contributed by atoms with Gasteiger partial charge in [0.05, 0.1) is 6.61 Å². The summed E-state index contributed by atoms with van der Waals surface area (Å²) in [6, 6.07) is 0. The molecule has 0 amide bonds. The Morgan fingerprint density at radius 1 is 1.89 bits per heavy atom. The standard InChI is InChI=1S/C7H10O2/c1-3-6-4-9-7(8)5(6)2/h6H,2-4H2,1H3. The van der Waals surface area contributed by atoms with Crippen LogP contribution in [0.3, 0.4) is 0 Å². The molecule has 1 aliphatic heterocycles. The van der Waals surface area contributed by atoms with Crippen LogP contribution in [-0.4, -0.2) is 12.6 Å². The molecule has 2 nitrogen and oxygen atoms in total. The van der Waals surface area contributed by atoms with Gasteiger partial charge in [-0.2, -0.15) is 0 Å². The number of rotatable bonds is 1. The van der Waals surface area contributed by atoms with Crippen molar-refractivity contribution in [1.29, 1.82) is 0 Å². The Kier molecular flexibility index (Phi) is 1.56. The van der Waals surface area contributed by atoms with Gasteiger partial charge in [-0.05, 0) is 6.42 Å². The molecule has 0 N–H and O–H groups in total. The molecule has 0 aromatic heterocycles. The molecular weight excluding hydrogens is 116 g/mol. The summed E-state index contributed by atoms with van der Waals surface area (Å²) >= 11 is 0. The van der Waals surface area contributed by atoms with Crippen LogP contribution in [0.25, 0.3) is 0 Å². The van der Waals surface area contributed by atoms with E-state index in [4.69, 9.17) is 4.74 Å². The van der Waals surface area contributed by atoms with Gasteiger partial charge in [0, 0.05) is 11.5 Å². The predicted molar refractivity (Wildman–Crippen MR) is 33.9 cm³/mol. The molecule has 0 aromatic rings. The maximum atomic E-state index is 10.6. The van der Waals surface area contributed by atoms with Crippen LogP contribution in [0.15, 0.2) is 12.2 Å². The molecule has 0 radical (unpaired) electrons. The number of hydrogen-bond acceptors (Lipinski definition) is 2. The van der Waals surface area contributed by atoms with Crippen molar-refractivity contribution in [3.63, 3.8) is 0 Å². The molecule has 50 valence electrons. The van der Waals surface area contributed by atoms with Crippen molar-refractivity contribution in [2.75, 3.05) is 6.61 Å². The SMILES string of the molecule is C=C1C(=O)OCC1CC. The third-order valence-corrected chi connectivity index (χ3v) is 1.66. The molecule has 2 heteroatoms. The molecule has 1 fully saturated rings. The van der Waals surface area contributed by atoms with Gasteiger partial charge in [-0.1, -0.05) is 13.5 Å². The van der Waals surface area contributed by atoms with Crippen molar-refractivity contribution in [2.45, 2.75) is 13.3 Å². The molecule has 9 heavy (non-hydrogen) atoms.